The number of rotatable bonds is 1. The standard InChI is InChI=1S/C9H5BrF6O/c10-6-3-4(7(17)9(14,15)16)1-2-5(6)8(11,12)13/h1-3,7,17H. The van der Waals surface area contributed by atoms with Gasteiger partial charge in [0.25, 0.3) is 0 Å². The van der Waals surface area contributed by atoms with Crippen LogP contribution in [0, 0.1) is 0 Å². The normalized spacial score (nSPS) is 14.8. The van der Waals surface area contributed by atoms with Crippen LogP contribution in [0.25, 0.3) is 0 Å². The highest BCUT2D eigenvalue weighted by molar-refractivity contribution is 9.10. The van der Waals surface area contributed by atoms with Crippen LogP contribution in [0.4, 0.5) is 26.3 Å². The van der Waals surface area contributed by atoms with E-state index in [9.17, 15) is 26.3 Å². The number of benzene rings is 1. The van der Waals surface area contributed by atoms with Crippen molar-refractivity contribution in [3.63, 3.8) is 0 Å². The quantitative estimate of drug-likeness (QED) is 0.773. The summed E-state index contributed by atoms with van der Waals surface area (Å²) in [4.78, 5) is 0. The average molecular weight is 323 g/mol. The molecular weight excluding hydrogens is 318 g/mol. The van der Waals surface area contributed by atoms with E-state index in [0.29, 0.717) is 18.2 Å². The van der Waals surface area contributed by atoms with Crippen LogP contribution < -0.4 is 0 Å². The summed E-state index contributed by atoms with van der Waals surface area (Å²) in [6.45, 7) is 0. The molecule has 0 radical (unpaired) electrons. The van der Waals surface area contributed by atoms with Gasteiger partial charge in [0.2, 0.25) is 0 Å². The van der Waals surface area contributed by atoms with E-state index in [2.05, 4.69) is 15.9 Å². The van der Waals surface area contributed by atoms with Gasteiger partial charge in [0, 0.05) is 4.47 Å². The van der Waals surface area contributed by atoms with Crippen molar-refractivity contribution in [2.45, 2.75) is 18.5 Å². The molecular formula is C9H5BrF6O. The molecule has 0 bridgehead atoms. The van der Waals surface area contributed by atoms with E-state index in [1.165, 1.54) is 0 Å². The number of aliphatic hydroxyl groups excluding tert-OH is 1. The van der Waals surface area contributed by atoms with Crippen LogP contribution in [0.1, 0.15) is 17.2 Å². The van der Waals surface area contributed by atoms with Crippen molar-refractivity contribution in [2.75, 3.05) is 0 Å². The summed E-state index contributed by atoms with van der Waals surface area (Å²) in [7, 11) is 0. The lowest BCUT2D eigenvalue weighted by Crippen LogP contribution is -2.20. The molecule has 96 valence electrons. The zero-order valence-electron chi connectivity index (χ0n) is 7.90. The zero-order valence-corrected chi connectivity index (χ0v) is 9.49. The Morgan fingerprint density at radius 2 is 1.59 bits per heavy atom. The number of hydrogen-bond acceptors (Lipinski definition) is 1. The molecule has 0 amide bonds. The molecule has 0 aliphatic carbocycles. The third-order valence-corrected chi connectivity index (χ3v) is 2.58. The first-order valence-corrected chi connectivity index (χ1v) is 4.94. The number of aliphatic hydroxyl groups is 1. The lowest BCUT2D eigenvalue weighted by molar-refractivity contribution is -0.206. The molecule has 0 aromatic heterocycles. The number of alkyl halides is 6. The molecule has 1 atom stereocenters. The first kappa shape index (κ1) is 14.3. The molecule has 0 spiro atoms. The van der Waals surface area contributed by atoms with Crippen LogP contribution >= 0.6 is 15.9 Å². The summed E-state index contributed by atoms with van der Waals surface area (Å²) in [5, 5.41) is 8.85. The van der Waals surface area contributed by atoms with Crippen LogP contribution in [-0.2, 0) is 6.18 Å². The summed E-state index contributed by atoms with van der Waals surface area (Å²) in [6.07, 6.45) is -12.4. The first-order valence-electron chi connectivity index (χ1n) is 4.15. The van der Waals surface area contributed by atoms with E-state index in [1.54, 1.807) is 0 Å². The van der Waals surface area contributed by atoms with Gasteiger partial charge in [-0.3, -0.25) is 0 Å². The van der Waals surface area contributed by atoms with Gasteiger partial charge in [-0.15, -0.1) is 0 Å². The van der Waals surface area contributed by atoms with Crippen molar-refractivity contribution in [3.8, 4) is 0 Å². The second kappa shape index (κ2) is 4.49. The molecule has 0 fully saturated rings. The predicted molar refractivity (Wildman–Crippen MR) is 50.2 cm³/mol. The van der Waals surface area contributed by atoms with E-state index in [-0.39, 0.29) is 0 Å². The summed E-state index contributed by atoms with van der Waals surface area (Å²) in [6, 6.07) is 1.67. The Bertz CT molecular complexity index is 411. The summed E-state index contributed by atoms with van der Waals surface area (Å²) in [5.41, 5.74) is -1.76. The van der Waals surface area contributed by atoms with E-state index < -0.39 is 34.1 Å². The van der Waals surface area contributed by atoms with E-state index in [4.69, 9.17) is 5.11 Å². The smallest absolute Gasteiger partial charge is 0.379 e. The SMILES string of the molecule is OC(c1ccc(C(F)(F)F)c(Br)c1)C(F)(F)F. The maximum atomic E-state index is 12.3. The van der Waals surface area contributed by atoms with Gasteiger partial charge < -0.3 is 5.11 Å². The molecule has 8 heteroatoms. The third-order valence-electron chi connectivity index (χ3n) is 1.92. The second-order valence-electron chi connectivity index (χ2n) is 3.18. The predicted octanol–water partition coefficient (Wildman–Crippen LogP) is 4.06. The zero-order chi connectivity index (χ0) is 13.4. The van der Waals surface area contributed by atoms with Crippen molar-refractivity contribution in [1.82, 2.24) is 0 Å². The van der Waals surface area contributed by atoms with Crippen molar-refractivity contribution >= 4 is 15.9 Å². The lowest BCUT2D eigenvalue weighted by Gasteiger charge is -2.16. The van der Waals surface area contributed by atoms with Gasteiger partial charge in [-0.05, 0) is 17.7 Å². The first-order chi connectivity index (χ1) is 7.53. The van der Waals surface area contributed by atoms with Gasteiger partial charge in [0.1, 0.15) is 0 Å². The average Bonchev–Trinajstić information content (AvgIpc) is 2.12. The molecule has 1 N–H and O–H groups in total. The molecule has 1 aromatic carbocycles. The van der Waals surface area contributed by atoms with Gasteiger partial charge >= 0.3 is 12.4 Å². The minimum atomic E-state index is -4.92. The third kappa shape index (κ3) is 3.35. The minimum absolute atomic E-state index is 0.481. The molecule has 17 heavy (non-hydrogen) atoms. The maximum Gasteiger partial charge on any atom is 0.418 e. The van der Waals surface area contributed by atoms with Crippen molar-refractivity contribution < 1.29 is 31.4 Å². The maximum absolute atomic E-state index is 12.3. The second-order valence-corrected chi connectivity index (χ2v) is 4.04. The van der Waals surface area contributed by atoms with Crippen LogP contribution in [-0.4, -0.2) is 11.3 Å². The van der Waals surface area contributed by atoms with Crippen LogP contribution in [0.3, 0.4) is 0 Å². The molecule has 1 nitrogen and oxygen atoms in total. The largest absolute Gasteiger partial charge is 0.418 e. The van der Waals surface area contributed by atoms with E-state index in [0.717, 1.165) is 0 Å². The fourth-order valence-electron chi connectivity index (χ4n) is 1.12. The highest BCUT2D eigenvalue weighted by Crippen LogP contribution is 2.38. The Labute approximate surface area is 100 Å². The van der Waals surface area contributed by atoms with Crippen molar-refractivity contribution in [1.29, 1.82) is 0 Å². The molecule has 1 unspecified atom stereocenters. The summed E-state index contributed by atoms with van der Waals surface area (Å²) < 4.78 is 72.7. The Kier molecular flexibility index (Phi) is 3.78. The molecule has 0 saturated heterocycles. The lowest BCUT2D eigenvalue weighted by atomic mass is 10.1. The van der Waals surface area contributed by atoms with Crippen LogP contribution in [0.15, 0.2) is 22.7 Å². The molecule has 0 heterocycles. The molecule has 0 saturated carbocycles. The van der Waals surface area contributed by atoms with Gasteiger partial charge in [0.15, 0.2) is 6.10 Å². The van der Waals surface area contributed by atoms with Crippen molar-refractivity contribution in [3.05, 3.63) is 33.8 Å². The van der Waals surface area contributed by atoms with Crippen molar-refractivity contribution in [2.24, 2.45) is 0 Å². The Morgan fingerprint density at radius 1 is 1.06 bits per heavy atom. The van der Waals surface area contributed by atoms with Gasteiger partial charge in [-0.2, -0.15) is 26.3 Å². The number of hydrogen-bond donors (Lipinski definition) is 1. The Hall–Kier alpha value is -0.760. The molecule has 1 rings (SSSR count). The van der Waals surface area contributed by atoms with Crippen LogP contribution in [0.5, 0.6) is 0 Å². The van der Waals surface area contributed by atoms with Gasteiger partial charge in [-0.25, -0.2) is 0 Å². The Morgan fingerprint density at radius 3 is 1.94 bits per heavy atom. The minimum Gasteiger partial charge on any atom is -0.379 e. The summed E-state index contributed by atoms with van der Waals surface area (Å²) in [5.74, 6) is 0. The fraction of sp³-hybridized carbons (Fsp3) is 0.333. The molecule has 0 aliphatic rings. The topological polar surface area (TPSA) is 20.2 Å². The Balaban J connectivity index is 3.14. The monoisotopic (exact) mass is 322 g/mol. The highest BCUT2D eigenvalue weighted by Gasteiger charge is 2.40. The van der Waals surface area contributed by atoms with Gasteiger partial charge in [-0.1, -0.05) is 22.0 Å². The summed E-state index contributed by atoms with van der Waals surface area (Å²) >= 11 is 2.52. The fourth-order valence-corrected chi connectivity index (χ4v) is 1.74. The number of halogens is 7. The van der Waals surface area contributed by atoms with Gasteiger partial charge in [0.05, 0.1) is 5.56 Å². The van der Waals surface area contributed by atoms with Crippen LogP contribution in [0.2, 0.25) is 0 Å². The highest BCUT2D eigenvalue weighted by atomic mass is 79.9. The van der Waals surface area contributed by atoms with E-state index in [1.807, 2.05) is 0 Å². The molecule has 1 aromatic rings. The molecule has 0 aliphatic heterocycles. The van der Waals surface area contributed by atoms with E-state index >= 15 is 0 Å².